The second-order valence-electron chi connectivity index (χ2n) is 6.34. The lowest BCUT2D eigenvalue weighted by Gasteiger charge is -2.21. The minimum Gasteiger partial charge on any atom is -0.461 e. The van der Waals surface area contributed by atoms with Gasteiger partial charge in [0.15, 0.2) is 17.5 Å². The largest absolute Gasteiger partial charge is 0.461 e. The molecule has 150 valence electrons. The van der Waals surface area contributed by atoms with E-state index in [4.69, 9.17) is 20.0 Å². The van der Waals surface area contributed by atoms with Gasteiger partial charge in [0.05, 0.1) is 12.6 Å². The summed E-state index contributed by atoms with van der Waals surface area (Å²) < 4.78 is 9.96. The lowest BCUT2D eigenvalue weighted by molar-refractivity contribution is -0.135. The van der Waals surface area contributed by atoms with Crippen molar-refractivity contribution >= 4 is 40.0 Å². The Balaban J connectivity index is 2.68. The number of nitrogens with two attached hydrogens (primary N) is 1. The summed E-state index contributed by atoms with van der Waals surface area (Å²) in [6.45, 7) is 7.90. The molecule has 0 aromatic carbocycles. The van der Waals surface area contributed by atoms with Crippen molar-refractivity contribution in [2.75, 3.05) is 18.9 Å². The smallest absolute Gasteiger partial charge is 0.408 e. The fourth-order valence-electron chi connectivity index (χ4n) is 1.63. The van der Waals surface area contributed by atoms with E-state index < -0.39 is 36.1 Å². The van der Waals surface area contributed by atoms with Crippen molar-refractivity contribution in [2.45, 2.75) is 46.3 Å². The summed E-state index contributed by atoms with van der Waals surface area (Å²) in [5.74, 6) is -1.22. The molecule has 0 spiro atoms. The number of amides is 1. The first-order chi connectivity index (χ1) is 12.5. The van der Waals surface area contributed by atoms with Crippen LogP contribution in [0.1, 0.15) is 40.3 Å². The number of esters is 1. The third kappa shape index (κ3) is 8.03. The van der Waals surface area contributed by atoms with Crippen molar-refractivity contribution in [2.24, 2.45) is 5.16 Å². The Labute approximate surface area is 161 Å². The molecule has 0 aliphatic heterocycles. The van der Waals surface area contributed by atoms with Crippen LogP contribution in [0.3, 0.4) is 0 Å². The molecule has 0 saturated carbocycles. The standard InChI is InChI=1S/C16H24N4O6S/c1-6-24-13(22)12(10-8-27-14(17)19-10)20-25-7-11(21)9(2)18-15(23)26-16(3,4)5/h8-9H,6-7H2,1-5H3,(H2,17,19)(H,18,23)/t9-/m0/s1. The number of hydrogen-bond acceptors (Lipinski definition) is 10. The fraction of sp³-hybridized carbons (Fsp3) is 0.562. The third-order valence-corrected chi connectivity index (χ3v) is 3.49. The molecule has 0 fully saturated rings. The molecule has 0 radical (unpaired) electrons. The van der Waals surface area contributed by atoms with E-state index in [0.29, 0.717) is 0 Å². The van der Waals surface area contributed by atoms with Crippen LogP contribution in [0.2, 0.25) is 0 Å². The molecule has 0 aliphatic carbocycles. The molecule has 1 heterocycles. The monoisotopic (exact) mass is 400 g/mol. The van der Waals surface area contributed by atoms with E-state index in [-0.39, 0.29) is 23.1 Å². The molecule has 0 bridgehead atoms. The topological polar surface area (TPSA) is 142 Å². The molecule has 1 atom stereocenters. The molecule has 10 nitrogen and oxygen atoms in total. The van der Waals surface area contributed by atoms with Gasteiger partial charge in [-0.15, -0.1) is 11.3 Å². The average molecular weight is 400 g/mol. The normalized spacial score (nSPS) is 12.9. The number of thiazole rings is 1. The van der Waals surface area contributed by atoms with E-state index in [1.165, 1.54) is 12.3 Å². The Morgan fingerprint density at radius 1 is 1.37 bits per heavy atom. The predicted octanol–water partition coefficient (Wildman–Crippen LogP) is 1.49. The number of oxime groups is 1. The predicted molar refractivity (Wildman–Crippen MR) is 99.5 cm³/mol. The highest BCUT2D eigenvalue weighted by Gasteiger charge is 2.23. The Hall–Kier alpha value is -2.69. The van der Waals surface area contributed by atoms with Crippen LogP contribution in [0.4, 0.5) is 9.93 Å². The van der Waals surface area contributed by atoms with Gasteiger partial charge in [0.1, 0.15) is 11.3 Å². The van der Waals surface area contributed by atoms with Gasteiger partial charge in [-0.3, -0.25) is 4.79 Å². The van der Waals surface area contributed by atoms with Crippen molar-refractivity contribution in [3.63, 3.8) is 0 Å². The molecule has 0 saturated heterocycles. The van der Waals surface area contributed by atoms with Crippen LogP contribution in [0.5, 0.6) is 0 Å². The van der Waals surface area contributed by atoms with Gasteiger partial charge < -0.3 is 25.4 Å². The first-order valence-corrected chi connectivity index (χ1v) is 9.02. The maximum atomic E-state index is 12.0. The van der Waals surface area contributed by atoms with E-state index in [9.17, 15) is 14.4 Å². The highest BCUT2D eigenvalue weighted by Crippen LogP contribution is 2.13. The summed E-state index contributed by atoms with van der Waals surface area (Å²) in [5.41, 5.74) is 4.85. The lowest BCUT2D eigenvalue weighted by atomic mass is 10.2. The van der Waals surface area contributed by atoms with Crippen LogP contribution in [0.25, 0.3) is 0 Å². The number of carbonyl (C=O) groups is 3. The van der Waals surface area contributed by atoms with E-state index in [2.05, 4.69) is 15.5 Å². The van der Waals surface area contributed by atoms with E-state index in [0.717, 1.165) is 11.3 Å². The molecular formula is C16H24N4O6S. The van der Waals surface area contributed by atoms with Gasteiger partial charge in [0.25, 0.3) is 0 Å². The molecule has 3 N–H and O–H groups in total. The number of anilines is 1. The number of nitrogens with one attached hydrogen (secondary N) is 1. The number of ether oxygens (including phenoxy) is 2. The van der Waals surface area contributed by atoms with Crippen molar-refractivity contribution in [3.8, 4) is 0 Å². The van der Waals surface area contributed by atoms with Gasteiger partial charge in [0, 0.05) is 5.38 Å². The molecule has 1 rings (SSSR count). The molecular weight excluding hydrogens is 376 g/mol. The van der Waals surface area contributed by atoms with E-state index in [1.54, 1.807) is 27.7 Å². The number of aromatic nitrogens is 1. The van der Waals surface area contributed by atoms with Crippen molar-refractivity contribution in [1.82, 2.24) is 10.3 Å². The molecule has 27 heavy (non-hydrogen) atoms. The Bertz CT molecular complexity index is 710. The van der Waals surface area contributed by atoms with Gasteiger partial charge in [-0.1, -0.05) is 5.16 Å². The fourth-order valence-corrected chi connectivity index (χ4v) is 2.18. The summed E-state index contributed by atoms with van der Waals surface area (Å²) in [6, 6.07) is -0.865. The molecule has 1 amide bonds. The summed E-state index contributed by atoms with van der Waals surface area (Å²) in [6.07, 6.45) is -0.725. The van der Waals surface area contributed by atoms with Gasteiger partial charge in [-0.2, -0.15) is 0 Å². The van der Waals surface area contributed by atoms with Crippen molar-refractivity contribution < 1.29 is 28.7 Å². The molecule has 1 aromatic rings. The van der Waals surface area contributed by atoms with Gasteiger partial charge in [0.2, 0.25) is 5.71 Å². The highest BCUT2D eigenvalue weighted by molar-refractivity contribution is 7.13. The van der Waals surface area contributed by atoms with E-state index in [1.807, 2.05) is 0 Å². The SMILES string of the molecule is CCOC(=O)C(=NOCC(=O)[C@H](C)NC(=O)OC(C)(C)C)c1csc(N)n1. The first-order valence-electron chi connectivity index (χ1n) is 8.14. The quantitative estimate of drug-likeness (QED) is 0.380. The minimum atomic E-state index is -0.865. The number of hydrogen-bond donors (Lipinski definition) is 2. The number of nitrogen functional groups attached to an aromatic ring is 1. The van der Waals surface area contributed by atoms with Crippen molar-refractivity contribution in [3.05, 3.63) is 11.1 Å². The van der Waals surface area contributed by atoms with Gasteiger partial charge in [-0.05, 0) is 34.6 Å². The number of nitrogens with zero attached hydrogens (tertiary/aromatic N) is 2. The second-order valence-corrected chi connectivity index (χ2v) is 7.23. The number of carbonyl (C=O) groups excluding carboxylic acids is 3. The number of alkyl carbamates (subject to hydrolysis) is 1. The Morgan fingerprint density at radius 2 is 2.04 bits per heavy atom. The summed E-state index contributed by atoms with van der Waals surface area (Å²) >= 11 is 1.12. The van der Waals surface area contributed by atoms with Crippen LogP contribution in [0, 0.1) is 0 Å². The van der Waals surface area contributed by atoms with Gasteiger partial charge in [-0.25, -0.2) is 14.6 Å². The molecule has 11 heteroatoms. The number of rotatable bonds is 8. The van der Waals surface area contributed by atoms with Crippen LogP contribution in [-0.2, 0) is 23.9 Å². The van der Waals surface area contributed by atoms with E-state index >= 15 is 0 Å². The zero-order valence-corrected chi connectivity index (χ0v) is 16.7. The van der Waals surface area contributed by atoms with Crippen LogP contribution >= 0.6 is 11.3 Å². The zero-order chi connectivity index (χ0) is 20.6. The second kappa shape index (κ2) is 9.86. The summed E-state index contributed by atoms with van der Waals surface area (Å²) in [5, 5.41) is 7.81. The number of ketones is 1. The summed E-state index contributed by atoms with van der Waals surface area (Å²) in [4.78, 5) is 44.6. The number of Topliss-reactive ketones (excluding diaryl/α,β-unsaturated/α-hetero) is 1. The molecule has 0 aliphatic rings. The van der Waals surface area contributed by atoms with Gasteiger partial charge >= 0.3 is 12.1 Å². The maximum Gasteiger partial charge on any atom is 0.408 e. The van der Waals surface area contributed by atoms with Crippen LogP contribution in [0.15, 0.2) is 10.5 Å². The maximum absolute atomic E-state index is 12.0. The third-order valence-electron chi connectivity index (χ3n) is 2.81. The first kappa shape index (κ1) is 22.4. The average Bonchev–Trinajstić information content (AvgIpc) is 2.95. The van der Waals surface area contributed by atoms with Crippen LogP contribution in [-0.4, -0.2) is 53.4 Å². The Kier molecular flexibility index (Phi) is 8.16. The minimum absolute atomic E-state index is 0.132. The van der Waals surface area contributed by atoms with Crippen LogP contribution < -0.4 is 11.1 Å². The Morgan fingerprint density at radius 3 is 2.56 bits per heavy atom. The molecule has 1 aromatic heterocycles. The summed E-state index contributed by atoms with van der Waals surface area (Å²) in [7, 11) is 0. The molecule has 0 unspecified atom stereocenters. The zero-order valence-electron chi connectivity index (χ0n) is 15.9. The van der Waals surface area contributed by atoms with Crippen molar-refractivity contribution in [1.29, 1.82) is 0 Å². The highest BCUT2D eigenvalue weighted by atomic mass is 32.1. The lowest BCUT2D eigenvalue weighted by Crippen LogP contribution is -2.42.